The number of nitrogens with one attached hydrogen (secondary N) is 1. The van der Waals surface area contributed by atoms with E-state index in [1.165, 1.54) is 12.8 Å². The van der Waals surface area contributed by atoms with E-state index < -0.39 is 0 Å². The smallest absolute Gasteiger partial charge is 0.128 e. The zero-order valence-electron chi connectivity index (χ0n) is 12.5. The van der Waals surface area contributed by atoms with Gasteiger partial charge in [0.15, 0.2) is 0 Å². The predicted molar refractivity (Wildman–Crippen MR) is 77.1 cm³/mol. The summed E-state index contributed by atoms with van der Waals surface area (Å²) in [6.45, 7) is 9.41. The molecule has 0 aromatic carbocycles. The number of ether oxygens (including phenoxy) is 1. The summed E-state index contributed by atoms with van der Waals surface area (Å²) in [5.41, 5.74) is -0.133. The quantitative estimate of drug-likeness (QED) is 0.859. The molecule has 1 N–H and O–H groups in total. The minimum absolute atomic E-state index is 0.133. The third-order valence-corrected chi connectivity index (χ3v) is 4.05. The lowest BCUT2D eigenvalue weighted by atomic mass is 9.87. The van der Waals surface area contributed by atoms with Gasteiger partial charge in [0.05, 0.1) is 11.6 Å². The van der Waals surface area contributed by atoms with E-state index in [0.29, 0.717) is 0 Å². The highest BCUT2D eigenvalue weighted by Gasteiger charge is 2.39. The summed E-state index contributed by atoms with van der Waals surface area (Å²) in [6, 6.07) is 0.183. The normalized spacial score (nSPS) is 25.4. The molecular formula is C15H27N3O. The number of aryl methyl sites for hydroxylation is 1. The van der Waals surface area contributed by atoms with Crippen molar-refractivity contribution >= 4 is 0 Å². The van der Waals surface area contributed by atoms with E-state index in [1.807, 2.05) is 6.20 Å². The third-order valence-electron chi connectivity index (χ3n) is 4.05. The molecule has 1 saturated heterocycles. The molecule has 4 nitrogen and oxygen atoms in total. The van der Waals surface area contributed by atoms with Gasteiger partial charge in [-0.1, -0.05) is 6.92 Å². The summed E-state index contributed by atoms with van der Waals surface area (Å²) in [5.74, 6) is 1.11. The first-order valence-electron chi connectivity index (χ1n) is 7.59. The Labute approximate surface area is 116 Å². The third kappa shape index (κ3) is 3.18. The van der Waals surface area contributed by atoms with Crippen LogP contribution in [-0.2, 0) is 11.3 Å². The molecule has 1 fully saturated rings. The Hall–Kier alpha value is -0.870. The van der Waals surface area contributed by atoms with Crippen LogP contribution in [0.3, 0.4) is 0 Å². The summed E-state index contributed by atoms with van der Waals surface area (Å²) in [4.78, 5) is 4.58. The van der Waals surface area contributed by atoms with Gasteiger partial charge in [-0.2, -0.15) is 0 Å². The number of hydrogen-bond acceptors (Lipinski definition) is 3. The minimum atomic E-state index is -0.133. The Morgan fingerprint density at radius 2 is 2.32 bits per heavy atom. The Kier molecular flexibility index (Phi) is 4.99. The van der Waals surface area contributed by atoms with Gasteiger partial charge in [-0.3, -0.25) is 0 Å². The lowest BCUT2D eigenvalue weighted by Crippen LogP contribution is -2.47. The van der Waals surface area contributed by atoms with Crippen molar-refractivity contribution in [2.24, 2.45) is 0 Å². The van der Waals surface area contributed by atoms with E-state index in [0.717, 1.165) is 38.4 Å². The van der Waals surface area contributed by atoms with E-state index in [4.69, 9.17) is 4.74 Å². The van der Waals surface area contributed by atoms with E-state index in [2.05, 4.69) is 41.8 Å². The van der Waals surface area contributed by atoms with Crippen LogP contribution in [-0.4, -0.2) is 28.3 Å². The topological polar surface area (TPSA) is 39.1 Å². The molecule has 1 aliphatic rings. The first-order chi connectivity index (χ1) is 9.21. The van der Waals surface area contributed by atoms with Crippen LogP contribution in [0.1, 0.15) is 58.3 Å². The molecule has 0 aliphatic carbocycles. The van der Waals surface area contributed by atoms with Gasteiger partial charge in [-0.05, 0) is 46.1 Å². The molecule has 2 unspecified atom stereocenters. The van der Waals surface area contributed by atoms with Gasteiger partial charge in [0.2, 0.25) is 0 Å². The van der Waals surface area contributed by atoms with Crippen molar-refractivity contribution in [3.05, 3.63) is 18.2 Å². The van der Waals surface area contributed by atoms with Crippen molar-refractivity contribution in [1.29, 1.82) is 0 Å². The maximum Gasteiger partial charge on any atom is 0.128 e. The second kappa shape index (κ2) is 6.53. The fourth-order valence-corrected chi connectivity index (χ4v) is 2.90. The zero-order valence-corrected chi connectivity index (χ0v) is 12.5. The number of rotatable bonds is 6. The molecule has 0 radical (unpaired) electrons. The molecule has 4 heteroatoms. The zero-order chi connectivity index (χ0) is 13.7. The summed E-state index contributed by atoms with van der Waals surface area (Å²) in [5, 5.41) is 3.65. The van der Waals surface area contributed by atoms with Crippen LogP contribution in [0.15, 0.2) is 12.4 Å². The molecule has 2 atom stereocenters. The van der Waals surface area contributed by atoms with Gasteiger partial charge in [-0.15, -0.1) is 0 Å². The van der Waals surface area contributed by atoms with Crippen molar-refractivity contribution in [3.8, 4) is 0 Å². The maximum absolute atomic E-state index is 6.13. The largest absolute Gasteiger partial charge is 0.373 e. The van der Waals surface area contributed by atoms with Gasteiger partial charge in [0.1, 0.15) is 5.82 Å². The Bertz CT molecular complexity index is 382. The minimum Gasteiger partial charge on any atom is -0.373 e. The highest BCUT2D eigenvalue weighted by atomic mass is 16.5. The molecule has 1 aromatic rings. The molecule has 1 aliphatic heterocycles. The van der Waals surface area contributed by atoms with Crippen LogP contribution in [0.2, 0.25) is 0 Å². The Morgan fingerprint density at radius 1 is 1.47 bits per heavy atom. The standard InChI is InChI=1S/C15H27N3O/c1-4-9-16-13(14-17-10-11-18(14)5-2)15(3)8-6-7-12-19-15/h10-11,13,16H,4-9,12H2,1-3H3. The first kappa shape index (κ1) is 14.5. The number of hydrogen-bond donors (Lipinski definition) is 1. The summed E-state index contributed by atoms with van der Waals surface area (Å²) in [7, 11) is 0. The predicted octanol–water partition coefficient (Wildman–Crippen LogP) is 2.90. The molecule has 2 heterocycles. The molecule has 0 spiro atoms. The first-order valence-corrected chi connectivity index (χ1v) is 7.59. The Balaban J connectivity index is 2.24. The number of imidazole rings is 1. The van der Waals surface area contributed by atoms with Crippen molar-refractivity contribution in [3.63, 3.8) is 0 Å². The maximum atomic E-state index is 6.13. The van der Waals surface area contributed by atoms with Gasteiger partial charge in [0.25, 0.3) is 0 Å². The summed E-state index contributed by atoms with van der Waals surface area (Å²) >= 11 is 0. The van der Waals surface area contributed by atoms with Gasteiger partial charge in [-0.25, -0.2) is 4.98 Å². The van der Waals surface area contributed by atoms with Gasteiger partial charge in [0, 0.05) is 25.5 Å². The molecular weight excluding hydrogens is 238 g/mol. The Morgan fingerprint density at radius 3 is 2.95 bits per heavy atom. The lowest BCUT2D eigenvalue weighted by Gasteiger charge is -2.40. The molecule has 2 rings (SSSR count). The van der Waals surface area contributed by atoms with Crippen LogP contribution < -0.4 is 5.32 Å². The fourth-order valence-electron chi connectivity index (χ4n) is 2.90. The van der Waals surface area contributed by atoms with Crippen LogP contribution in [0.25, 0.3) is 0 Å². The summed E-state index contributed by atoms with van der Waals surface area (Å²) < 4.78 is 8.35. The van der Waals surface area contributed by atoms with E-state index >= 15 is 0 Å². The average molecular weight is 265 g/mol. The van der Waals surface area contributed by atoms with Crippen molar-refractivity contribution in [2.45, 2.75) is 64.6 Å². The monoisotopic (exact) mass is 265 g/mol. The molecule has 108 valence electrons. The van der Waals surface area contributed by atoms with Crippen molar-refractivity contribution in [2.75, 3.05) is 13.2 Å². The second-order valence-electron chi connectivity index (χ2n) is 5.58. The number of aromatic nitrogens is 2. The van der Waals surface area contributed by atoms with Crippen LogP contribution >= 0.6 is 0 Å². The molecule has 0 saturated carbocycles. The van der Waals surface area contributed by atoms with Crippen LogP contribution in [0, 0.1) is 0 Å². The van der Waals surface area contributed by atoms with Gasteiger partial charge < -0.3 is 14.6 Å². The average Bonchev–Trinajstić information content (AvgIpc) is 2.88. The molecule has 1 aromatic heterocycles. The summed E-state index contributed by atoms with van der Waals surface area (Å²) in [6.07, 6.45) is 8.60. The lowest BCUT2D eigenvalue weighted by molar-refractivity contribution is -0.0920. The highest BCUT2D eigenvalue weighted by Crippen LogP contribution is 2.36. The van der Waals surface area contributed by atoms with E-state index in [-0.39, 0.29) is 11.6 Å². The van der Waals surface area contributed by atoms with E-state index in [1.54, 1.807) is 0 Å². The van der Waals surface area contributed by atoms with Gasteiger partial charge >= 0.3 is 0 Å². The highest BCUT2D eigenvalue weighted by molar-refractivity contribution is 5.07. The fraction of sp³-hybridized carbons (Fsp3) is 0.800. The van der Waals surface area contributed by atoms with Crippen molar-refractivity contribution < 1.29 is 4.74 Å². The molecule has 0 bridgehead atoms. The van der Waals surface area contributed by atoms with Crippen LogP contribution in [0.5, 0.6) is 0 Å². The SMILES string of the molecule is CCCNC(c1nccn1CC)C1(C)CCCCO1. The van der Waals surface area contributed by atoms with Crippen LogP contribution in [0.4, 0.5) is 0 Å². The molecule has 19 heavy (non-hydrogen) atoms. The van der Waals surface area contributed by atoms with Crippen molar-refractivity contribution in [1.82, 2.24) is 14.9 Å². The molecule has 0 amide bonds. The van der Waals surface area contributed by atoms with E-state index in [9.17, 15) is 0 Å². The number of nitrogens with zero attached hydrogens (tertiary/aromatic N) is 2. The second-order valence-corrected chi connectivity index (χ2v) is 5.58.